The second-order valence-electron chi connectivity index (χ2n) is 5.24. The average molecular weight is 297 g/mol. The molecule has 0 fully saturated rings. The van der Waals surface area contributed by atoms with E-state index in [9.17, 15) is 4.79 Å². The molecular formula is C19H23NO2. The summed E-state index contributed by atoms with van der Waals surface area (Å²) >= 11 is 0. The maximum Gasteiger partial charge on any atom is 0.184 e. The second-order valence-corrected chi connectivity index (χ2v) is 5.24. The molecule has 0 aromatic heterocycles. The zero-order valence-electron chi connectivity index (χ0n) is 13.2. The third kappa shape index (κ3) is 4.18. The van der Waals surface area contributed by atoms with E-state index in [0.29, 0.717) is 0 Å². The van der Waals surface area contributed by atoms with Gasteiger partial charge in [0, 0.05) is 5.56 Å². The molecule has 0 aliphatic carbocycles. The highest BCUT2D eigenvalue weighted by Crippen LogP contribution is 2.21. The van der Waals surface area contributed by atoms with E-state index >= 15 is 0 Å². The molecule has 0 saturated heterocycles. The normalized spacial score (nSPS) is 11.9. The van der Waals surface area contributed by atoms with Crippen molar-refractivity contribution in [2.24, 2.45) is 0 Å². The van der Waals surface area contributed by atoms with Crippen LogP contribution in [-0.4, -0.2) is 19.4 Å². The first-order valence-electron chi connectivity index (χ1n) is 7.73. The quantitative estimate of drug-likeness (QED) is 0.591. The number of rotatable bonds is 8. The van der Waals surface area contributed by atoms with E-state index in [1.54, 1.807) is 7.11 Å². The molecule has 3 nitrogen and oxygen atoms in total. The topological polar surface area (TPSA) is 38.3 Å². The number of hydrogen-bond acceptors (Lipinski definition) is 3. The number of benzene rings is 2. The lowest BCUT2D eigenvalue weighted by atomic mass is 9.97. The van der Waals surface area contributed by atoms with Crippen LogP contribution in [-0.2, 0) is 0 Å². The molecule has 0 aliphatic rings. The van der Waals surface area contributed by atoms with E-state index in [4.69, 9.17) is 4.74 Å². The van der Waals surface area contributed by atoms with Crippen LogP contribution in [0.5, 0.6) is 5.75 Å². The van der Waals surface area contributed by atoms with E-state index in [1.165, 1.54) is 0 Å². The minimum Gasteiger partial charge on any atom is -0.497 e. The Morgan fingerprint density at radius 1 is 1.09 bits per heavy atom. The molecule has 2 aromatic rings. The average Bonchev–Trinajstić information content (AvgIpc) is 2.59. The molecular weight excluding hydrogens is 274 g/mol. The molecule has 0 radical (unpaired) electrons. The first-order valence-corrected chi connectivity index (χ1v) is 7.73. The highest BCUT2D eigenvalue weighted by Gasteiger charge is 2.21. The molecule has 0 bridgehead atoms. The fourth-order valence-corrected chi connectivity index (χ4v) is 2.35. The van der Waals surface area contributed by atoms with Gasteiger partial charge in [-0.3, -0.25) is 4.79 Å². The number of carbonyl (C=O) groups excluding carboxylic acids is 1. The molecule has 3 heteroatoms. The zero-order valence-corrected chi connectivity index (χ0v) is 13.2. The van der Waals surface area contributed by atoms with Gasteiger partial charge < -0.3 is 10.1 Å². The Bertz CT molecular complexity index is 578. The van der Waals surface area contributed by atoms with Gasteiger partial charge in [-0.25, -0.2) is 0 Å². The molecule has 22 heavy (non-hydrogen) atoms. The summed E-state index contributed by atoms with van der Waals surface area (Å²) in [6.07, 6.45) is 2.15. The summed E-state index contributed by atoms with van der Waals surface area (Å²) < 4.78 is 5.19. The van der Waals surface area contributed by atoms with Gasteiger partial charge in [-0.05, 0) is 30.7 Å². The first-order chi connectivity index (χ1) is 10.8. The van der Waals surface area contributed by atoms with E-state index in [2.05, 4.69) is 12.2 Å². The lowest BCUT2D eigenvalue weighted by molar-refractivity contribution is 0.0942. The predicted molar refractivity (Wildman–Crippen MR) is 89.4 cm³/mol. The molecule has 0 heterocycles. The van der Waals surface area contributed by atoms with Gasteiger partial charge in [0.25, 0.3) is 0 Å². The molecule has 0 saturated carbocycles. The van der Waals surface area contributed by atoms with E-state index in [-0.39, 0.29) is 11.8 Å². The molecule has 0 amide bonds. The molecule has 2 aromatic carbocycles. The smallest absolute Gasteiger partial charge is 0.184 e. The van der Waals surface area contributed by atoms with Crippen LogP contribution in [0.1, 0.15) is 41.7 Å². The SMILES string of the molecule is CCCCNC(C(=O)c1ccccc1)c1ccc(OC)cc1. The van der Waals surface area contributed by atoms with Crippen LogP contribution in [0.3, 0.4) is 0 Å². The zero-order chi connectivity index (χ0) is 15.8. The Hall–Kier alpha value is -2.13. The maximum atomic E-state index is 12.8. The standard InChI is InChI=1S/C19H23NO2/c1-3-4-14-20-18(15-10-12-17(22-2)13-11-15)19(21)16-8-6-5-7-9-16/h5-13,18,20H,3-4,14H2,1-2H3. The van der Waals surface area contributed by atoms with Crippen molar-refractivity contribution in [1.82, 2.24) is 5.32 Å². The number of carbonyl (C=O) groups is 1. The maximum absolute atomic E-state index is 12.8. The second kappa shape index (κ2) is 8.35. The summed E-state index contributed by atoms with van der Waals surface area (Å²) in [5.74, 6) is 0.894. The molecule has 1 unspecified atom stereocenters. The van der Waals surface area contributed by atoms with Crippen molar-refractivity contribution in [1.29, 1.82) is 0 Å². The van der Waals surface area contributed by atoms with Crippen molar-refractivity contribution >= 4 is 5.78 Å². The largest absolute Gasteiger partial charge is 0.497 e. The third-order valence-electron chi connectivity index (χ3n) is 3.65. The van der Waals surface area contributed by atoms with Gasteiger partial charge in [0.2, 0.25) is 0 Å². The minimum atomic E-state index is -0.320. The summed E-state index contributed by atoms with van der Waals surface area (Å²) in [5, 5.41) is 3.38. The Morgan fingerprint density at radius 2 is 1.77 bits per heavy atom. The van der Waals surface area contributed by atoms with Crippen LogP contribution < -0.4 is 10.1 Å². The van der Waals surface area contributed by atoms with Crippen molar-refractivity contribution in [3.8, 4) is 5.75 Å². The van der Waals surface area contributed by atoms with Crippen LogP contribution in [0.4, 0.5) is 0 Å². The van der Waals surface area contributed by atoms with Crippen LogP contribution in [0.15, 0.2) is 54.6 Å². The van der Waals surface area contributed by atoms with Crippen LogP contribution in [0.25, 0.3) is 0 Å². The Labute approximate surface area is 132 Å². The van der Waals surface area contributed by atoms with E-state index in [1.807, 2.05) is 54.6 Å². The lowest BCUT2D eigenvalue weighted by Gasteiger charge is -2.18. The Kier molecular flexibility index (Phi) is 6.16. The molecule has 1 N–H and O–H groups in total. The summed E-state index contributed by atoms with van der Waals surface area (Å²) in [5.41, 5.74) is 1.69. The fourth-order valence-electron chi connectivity index (χ4n) is 2.35. The van der Waals surface area contributed by atoms with Crippen LogP contribution in [0, 0.1) is 0 Å². The molecule has 0 spiro atoms. The fraction of sp³-hybridized carbons (Fsp3) is 0.316. The number of nitrogens with one attached hydrogen (secondary N) is 1. The summed E-state index contributed by atoms with van der Waals surface area (Å²) in [6, 6.07) is 16.8. The summed E-state index contributed by atoms with van der Waals surface area (Å²) in [6.45, 7) is 2.97. The number of Topliss-reactive ketones (excluding diaryl/α,β-unsaturated/α-hetero) is 1. The van der Waals surface area contributed by atoms with Gasteiger partial charge in [0.05, 0.1) is 13.2 Å². The predicted octanol–water partition coefficient (Wildman–Crippen LogP) is 4.01. The van der Waals surface area contributed by atoms with Gasteiger partial charge in [-0.2, -0.15) is 0 Å². The summed E-state index contributed by atoms with van der Waals surface area (Å²) in [7, 11) is 1.64. The number of ketones is 1. The molecule has 0 aliphatic heterocycles. The van der Waals surface area contributed by atoms with Gasteiger partial charge in [0.1, 0.15) is 5.75 Å². The number of ether oxygens (including phenoxy) is 1. The van der Waals surface area contributed by atoms with Gasteiger partial charge in [-0.15, -0.1) is 0 Å². The van der Waals surface area contributed by atoms with Crippen molar-refractivity contribution in [3.05, 3.63) is 65.7 Å². The number of methoxy groups -OCH3 is 1. The molecule has 2 rings (SSSR count). The Balaban J connectivity index is 2.23. The van der Waals surface area contributed by atoms with Crippen molar-refractivity contribution < 1.29 is 9.53 Å². The minimum absolute atomic E-state index is 0.0990. The van der Waals surface area contributed by atoms with Gasteiger partial charge in [0.15, 0.2) is 5.78 Å². The number of unbranched alkanes of at least 4 members (excludes halogenated alkanes) is 1. The van der Waals surface area contributed by atoms with E-state index < -0.39 is 0 Å². The highest BCUT2D eigenvalue weighted by atomic mass is 16.5. The third-order valence-corrected chi connectivity index (χ3v) is 3.65. The highest BCUT2D eigenvalue weighted by molar-refractivity contribution is 6.00. The summed E-state index contributed by atoms with van der Waals surface area (Å²) in [4.78, 5) is 12.8. The van der Waals surface area contributed by atoms with Crippen molar-refractivity contribution in [3.63, 3.8) is 0 Å². The van der Waals surface area contributed by atoms with Crippen LogP contribution >= 0.6 is 0 Å². The van der Waals surface area contributed by atoms with Crippen LogP contribution in [0.2, 0.25) is 0 Å². The molecule has 1 atom stereocenters. The van der Waals surface area contributed by atoms with Crippen molar-refractivity contribution in [2.75, 3.05) is 13.7 Å². The van der Waals surface area contributed by atoms with Crippen molar-refractivity contribution in [2.45, 2.75) is 25.8 Å². The molecule has 116 valence electrons. The first kappa shape index (κ1) is 16.2. The van der Waals surface area contributed by atoms with E-state index in [0.717, 1.165) is 36.3 Å². The Morgan fingerprint density at radius 3 is 2.36 bits per heavy atom. The van der Waals surface area contributed by atoms with Gasteiger partial charge >= 0.3 is 0 Å². The van der Waals surface area contributed by atoms with Gasteiger partial charge in [-0.1, -0.05) is 55.8 Å². The lowest BCUT2D eigenvalue weighted by Crippen LogP contribution is -2.29. The number of hydrogen-bond donors (Lipinski definition) is 1. The monoisotopic (exact) mass is 297 g/mol.